The number of nitro benzene ring substituents is 1. The lowest BCUT2D eigenvalue weighted by Crippen LogP contribution is -2.14. The van der Waals surface area contributed by atoms with Crippen LogP contribution in [-0.2, 0) is 0 Å². The molecule has 0 bridgehead atoms. The van der Waals surface area contributed by atoms with Crippen LogP contribution in [0, 0.1) is 10.1 Å². The minimum atomic E-state index is -0.759. The average Bonchev–Trinajstić information content (AvgIpc) is 2.68. The summed E-state index contributed by atoms with van der Waals surface area (Å²) in [5.74, 6) is -1.03. The summed E-state index contributed by atoms with van der Waals surface area (Å²) in [5.41, 5.74) is 0.550. The van der Waals surface area contributed by atoms with Crippen molar-refractivity contribution in [3.8, 4) is 5.75 Å². The fourth-order valence-corrected chi connectivity index (χ4v) is 2.43. The van der Waals surface area contributed by atoms with Gasteiger partial charge in [0, 0.05) is 17.2 Å². The molecular weight excluding hydrogens is 334 g/mol. The highest BCUT2D eigenvalue weighted by Gasteiger charge is 2.20. The zero-order chi connectivity index (χ0) is 18.5. The zero-order valence-electron chi connectivity index (χ0n) is 13.5. The van der Waals surface area contributed by atoms with Crippen molar-refractivity contribution in [2.45, 2.75) is 0 Å². The number of hydrogen-bond donors (Lipinski definition) is 0. The molecule has 6 nitrogen and oxygen atoms in total. The fraction of sp³-hybridized carbons (Fsp3) is 0. The number of carbonyl (C=O) groups excluding carboxylic acids is 2. The van der Waals surface area contributed by atoms with Crippen LogP contribution in [0.2, 0.25) is 0 Å². The summed E-state index contributed by atoms with van der Waals surface area (Å²) in [5, 5.41) is 10.8. The van der Waals surface area contributed by atoms with Gasteiger partial charge in [0.05, 0.1) is 16.6 Å². The first-order valence-electron chi connectivity index (χ1n) is 7.71. The maximum absolute atomic E-state index is 12.7. The molecule has 0 unspecified atom stereocenters. The Hall–Kier alpha value is -3.80. The van der Waals surface area contributed by atoms with Crippen LogP contribution in [0.15, 0.2) is 78.9 Å². The third kappa shape index (κ3) is 3.64. The number of ether oxygens (including phenoxy) is 1. The SMILES string of the molecule is O=C(Oc1cccc([N+](=O)[O-])c1)c1ccccc1C(=O)c1ccccc1. The molecule has 0 heterocycles. The van der Waals surface area contributed by atoms with Gasteiger partial charge in [0.25, 0.3) is 5.69 Å². The van der Waals surface area contributed by atoms with Crippen molar-refractivity contribution in [3.05, 3.63) is 106 Å². The van der Waals surface area contributed by atoms with Crippen molar-refractivity contribution in [2.24, 2.45) is 0 Å². The number of nitrogens with zero attached hydrogens (tertiary/aromatic N) is 1. The third-order valence-corrected chi connectivity index (χ3v) is 3.67. The molecule has 0 radical (unpaired) electrons. The second-order valence-electron chi connectivity index (χ2n) is 5.38. The topological polar surface area (TPSA) is 86.5 Å². The minimum absolute atomic E-state index is 0.0335. The molecule has 0 amide bonds. The van der Waals surface area contributed by atoms with E-state index in [0.717, 1.165) is 6.07 Å². The molecule has 0 fully saturated rings. The first kappa shape index (κ1) is 17.0. The van der Waals surface area contributed by atoms with E-state index in [1.807, 2.05) is 0 Å². The summed E-state index contributed by atoms with van der Waals surface area (Å²) in [6.07, 6.45) is 0. The van der Waals surface area contributed by atoms with Gasteiger partial charge in [0.1, 0.15) is 5.75 Å². The number of benzene rings is 3. The summed E-state index contributed by atoms with van der Waals surface area (Å²) >= 11 is 0. The molecule has 0 aliphatic rings. The van der Waals surface area contributed by atoms with E-state index in [-0.39, 0.29) is 28.3 Å². The van der Waals surface area contributed by atoms with Crippen LogP contribution in [0.25, 0.3) is 0 Å². The second-order valence-corrected chi connectivity index (χ2v) is 5.38. The molecule has 0 N–H and O–H groups in total. The number of esters is 1. The van der Waals surface area contributed by atoms with Crippen molar-refractivity contribution in [2.75, 3.05) is 0 Å². The zero-order valence-corrected chi connectivity index (χ0v) is 13.5. The van der Waals surface area contributed by atoms with Crippen molar-refractivity contribution < 1.29 is 19.2 Å². The van der Waals surface area contributed by atoms with Crippen molar-refractivity contribution >= 4 is 17.4 Å². The predicted octanol–water partition coefficient (Wildman–Crippen LogP) is 4.05. The fourth-order valence-electron chi connectivity index (χ4n) is 2.43. The van der Waals surface area contributed by atoms with Gasteiger partial charge in [0.15, 0.2) is 5.78 Å². The predicted molar refractivity (Wildman–Crippen MR) is 94.4 cm³/mol. The van der Waals surface area contributed by atoms with Crippen molar-refractivity contribution in [1.82, 2.24) is 0 Å². The van der Waals surface area contributed by atoms with Crippen LogP contribution in [0.5, 0.6) is 5.75 Å². The van der Waals surface area contributed by atoms with Crippen LogP contribution in [-0.4, -0.2) is 16.7 Å². The number of ketones is 1. The smallest absolute Gasteiger partial charge is 0.344 e. The van der Waals surface area contributed by atoms with E-state index in [2.05, 4.69) is 0 Å². The molecule has 3 aromatic carbocycles. The van der Waals surface area contributed by atoms with Gasteiger partial charge in [-0.2, -0.15) is 0 Å². The monoisotopic (exact) mass is 347 g/mol. The Morgan fingerprint density at radius 1 is 0.808 bits per heavy atom. The minimum Gasteiger partial charge on any atom is -0.423 e. The number of hydrogen-bond acceptors (Lipinski definition) is 5. The van der Waals surface area contributed by atoms with E-state index >= 15 is 0 Å². The molecule has 26 heavy (non-hydrogen) atoms. The third-order valence-electron chi connectivity index (χ3n) is 3.67. The van der Waals surface area contributed by atoms with Gasteiger partial charge in [-0.25, -0.2) is 4.79 Å². The first-order chi connectivity index (χ1) is 12.6. The lowest BCUT2D eigenvalue weighted by Gasteiger charge is -2.09. The van der Waals surface area contributed by atoms with Crippen LogP contribution in [0.3, 0.4) is 0 Å². The largest absolute Gasteiger partial charge is 0.423 e. The second kappa shape index (κ2) is 7.40. The van der Waals surface area contributed by atoms with Gasteiger partial charge in [-0.1, -0.05) is 54.6 Å². The summed E-state index contributed by atoms with van der Waals surface area (Å²) < 4.78 is 5.22. The molecule has 0 saturated heterocycles. The van der Waals surface area contributed by atoms with Crippen LogP contribution < -0.4 is 4.74 Å². The summed E-state index contributed by atoms with van der Waals surface area (Å²) in [7, 11) is 0. The van der Waals surface area contributed by atoms with Crippen LogP contribution >= 0.6 is 0 Å². The van der Waals surface area contributed by atoms with Gasteiger partial charge < -0.3 is 4.74 Å². The summed E-state index contributed by atoms with van der Waals surface area (Å²) in [6.45, 7) is 0. The van der Waals surface area contributed by atoms with E-state index in [1.165, 1.54) is 24.3 Å². The van der Waals surface area contributed by atoms with E-state index < -0.39 is 10.9 Å². The van der Waals surface area contributed by atoms with Crippen molar-refractivity contribution in [1.29, 1.82) is 0 Å². The van der Waals surface area contributed by atoms with Gasteiger partial charge in [-0.3, -0.25) is 14.9 Å². The van der Waals surface area contributed by atoms with E-state index in [0.29, 0.717) is 5.56 Å². The van der Waals surface area contributed by atoms with Gasteiger partial charge in [0.2, 0.25) is 0 Å². The molecule has 128 valence electrons. The van der Waals surface area contributed by atoms with Gasteiger partial charge in [-0.15, -0.1) is 0 Å². The molecule has 0 aliphatic carbocycles. The van der Waals surface area contributed by atoms with E-state index in [1.54, 1.807) is 48.5 Å². The Balaban J connectivity index is 1.90. The van der Waals surface area contributed by atoms with Crippen molar-refractivity contribution in [3.63, 3.8) is 0 Å². The Bertz CT molecular complexity index is 982. The number of carbonyl (C=O) groups is 2. The lowest BCUT2D eigenvalue weighted by molar-refractivity contribution is -0.384. The highest BCUT2D eigenvalue weighted by molar-refractivity contribution is 6.14. The summed E-state index contributed by atoms with van der Waals surface area (Å²) in [4.78, 5) is 35.4. The first-order valence-corrected chi connectivity index (χ1v) is 7.71. The number of nitro groups is 1. The standard InChI is InChI=1S/C20H13NO5/c22-19(14-7-2-1-3-8-14)17-11-4-5-12-18(17)20(23)26-16-10-6-9-15(13-16)21(24)25/h1-13H. The summed E-state index contributed by atoms with van der Waals surface area (Å²) in [6, 6.07) is 20.2. The highest BCUT2D eigenvalue weighted by atomic mass is 16.6. The normalized spacial score (nSPS) is 10.2. The quantitative estimate of drug-likeness (QED) is 0.228. The molecule has 6 heteroatoms. The highest BCUT2D eigenvalue weighted by Crippen LogP contribution is 2.22. The van der Waals surface area contributed by atoms with Crippen LogP contribution in [0.4, 0.5) is 5.69 Å². The van der Waals surface area contributed by atoms with Crippen LogP contribution in [0.1, 0.15) is 26.3 Å². The molecule has 0 spiro atoms. The van der Waals surface area contributed by atoms with E-state index in [4.69, 9.17) is 4.74 Å². The Morgan fingerprint density at radius 2 is 1.46 bits per heavy atom. The Kier molecular flexibility index (Phi) is 4.85. The van der Waals surface area contributed by atoms with E-state index in [9.17, 15) is 19.7 Å². The maximum Gasteiger partial charge on any atom is 0.344 e. The Labute approximate surface area is 148 Å². The average molecular weight is 347 g/mol. The number of non-ortho nitro benzene ring substituents is 1. The number of rotatable bonds is 5. The maximum atomic E-state index is 12.7. The molecule has 0 aromatic heterocycles. The Morgan fingerprint density at radius 3 is 2.15 bits per heavy atom. The lowest BCUT2D eigenvalue weighted by atomic mass is 9.98. The molecule has 0 aliphatic heterocycles. The molecule has 0 atom stereocenters. The molecule has 3 rings (SSSR count). The van der Waals surface area contributed by atoms with Gasteiger partial charge >= 0.3 is 5.97 Å². The molecular formula is C20H13NO5. The molecule has 0 saturated carbocycles. The molecule has 3 aromatic rings. The van der Waals surface area contributed by atoms with Gasteiger partial charge in [-0.05, 0) is 12.1 Å².